The molecular formula is C12H18FNO. The van der Waals surface area contributed by atoms with Crippen molar-refractivity contribution >= 4 is 5.71 Å². The Morgan fingerprint density at radius 1 is 1.53 bits per heavy atom. The number of hydrogen-bond acceptors (Lipinski definition) is 2. The molecular weight excluding hydrogens is 193 g/mol. The van der Waals surface area contributed by atoms with Gasteiger partial charge in [-0.1, -0.05) is 6.08 Å². The predicted molar refractivity (Wildman–Crippen MR) is 59.9 cm³/mol. The quantitative estimate of drug-likeness (QED) is 0.531. The van der Waals surface area contributed by atoms with Gasteiger partial charge in [0.15, 0.2) is 0 Å². The van der Waals surface area contributed by atoms with E-state index in [2.05, 4.69) is 0 Å². The van der Waals surface area contributed by atoms with Crippen LogP contribution in [0, 0.1) is 11.3 Å². The van der Waals surface area contributed by atoms with Crippen molar-refractivity contribution in [2.75, 3.05) is 13.2 Å². The van der Waals surface area contributed by atoms with Crippen LogP contribution in [0.4, 0.5) is 4.39 Å². The SMILES string of the molecule is C/C(F)=C/C(=N)/C=C\CCCC1COC1. The Balaban J connectivity index is 2.05. The van der Waals surface area contributed by atoms with Gasteiger partial charge in [-0.15, -0.1) is 0 Å². The van der Waals surface area contributed by atoms with E-state index >= 15 is 0 Å². The van der Waals surface area contributed by atoms with Gasteiger partial charge < -0.3 is 10.1 Å². The second-order valence-corrected chi connectivity index (χ2v) is 3.92. The summed E-state index contributed by atoms with van der Waals surface area (Å²) >= 11 is 0. The van der Waals surface area contributed by atoms with Crippen LogP contribution >= 0.6 is 0 Å². The van der Waals surface area contributed by atoms with Crippen molar-refractivity contribution in [2.24, 2.45) is 5.92 Å². The Morgan fingerprint density at radius 3 is 2.80 bits per heavy atom. The minimum absolute atomic E-state index is 0.224. The summed E-state index contributed by atoms with van der Waals surface area (Å²) in [5.74, 6) is 0.419. The number of nitrogens with one attached hydrogen (secondary N) is 1. The second kappa shape index (κ2) is 6.51. The summed E-state index contributed by atoms with van der Waals surface area (Å²) in [6.07, 6.45) is 8.07. The number of ether oxygens (including phenoxy) is 1. The van der Waals surface area contributed by atoms with Crippen LogP contribution in [0.2, 0.25) is 0 Å². The Kier molecular flexibility index (Phi) is 5.26. The predicted octanol–water partition coefficient (Wildman–Crippen LogP) is 3.25. The lowest BCUT2D eigenvalue weighted by molar-refractivity contribution is -0.0361. The summed E-state index contributed by atoms with van der Waals surface area (Å²) in [5.41, 5.74) is 0.224. The topological polar surface area (TPSA) is 33.1 Å². The number of allylic oxidation sites excluding steroid dienone is 4. The monoisotopic (exact) mass is 211 g/mol. The van der Waals surface area contributed by atoms with Crippen LogP contribution in [0.15, 0.2) is 24.1 Å². The highest BCUT2D eigenvalue weighted by atomic mass is 19.1. The van der Waals surface area contributed by atoms with Crippen LogP contribution in [-0.4, -0.2) is 18.9 Å². The van der Waals surface area contributed by atoms with Gasteiger partial charge in [0.25, 0.3) is 0 Å². The molecule has 2 nitrogen and oxygen atoms in total. The second-order valence-electron chi connectivity index (χ2n) is 3.92. The van der Waals surface area contributed by atoms with E-state index in [0.717, 1.165) is 32.0 Å². The lowest BCUT2D eigenvalue weighted by atomic mass is 10.0. The van der Waals surface area contributed by atoms with Crippen molar-refractivity contribution in [1.29, 1.82) is 5.41 Å². The van der Waals surface area contributed by atoms with E-state index in [1.54, 1.807) is 6.08 Å². The van der Waals surface area contributed by atoms with Crippen molar-refractivity contribution in [1.82, 2.24) is 0 Å². The standard InChI is InChI=1S/C12H18FNO/c1-10(13)7-12(14)6-4-2-3-5-11-8-15-9-11/h4,6-7,11,14H,2-3,5,8-9H2,1H3/b6-4-,10-7-,14-12?. The number of unbranched alkanes of at least 4 members (excludes halogenated alkanes) is 1. The summed E-state index contributed by atoms with van der Waals surface area (Å²) in [5, 5.41) is 7.36. The first-order chi connectivity index (χ1) is 7.18. The van der Waals surface area contributed by atoms with Gasteiger partial charge in [0, 0.05) is 5.92 Å². The molecule has 0 saturated carbocycles. The number of halogens is 1. The highest BCUT2D eigenvalue weighted by Gasteiger charge is 2.16. The molecule has 0 bridgehead atoms. The maximum Gasteiger partial charge on any atom is 0.0989 e. The molecule has 84 valence electrons. The van der Waals surface area contributed by atoms with Gasteiger partial charge in [0.05, 0.1) is 24.8 Å². The maximum absolute atomic E-state index is 12.4. The highest BCUT2D eigenvalue weighted by Crippen LogP contribution is 2.17. The van der Waals surface area contributed by atoms with Gasteiger partial charge in [0.2, 0.25) is 0 Å². The smallest absolute Gasteiger partial charge is 0.0989 e. The first kappa shape index (κ1) is 12.1. The fourth-order valence-electron chi connectivity index (χ4n) is 1.45. The van der Waals surface area contributed by atoms with Gasteiger partial charge in [-0.3, -0.25) is 0 Å². The first-order valence-corrected chi connectivity index (χ1v) is 5.35. The largest absolute Gasteiger partial charge is 0.381 e. The lowest BCUT2D eigenvalue weighted by Gasteiger charge is -2.25. The zero-order chi connectivity index (χ0) is 11.1. The zero-order valence-electron chi connectivity index (χ0n) is 9.13. The van der Waals surface area contributed by atoms with E-state index in [9.17, 15) is 4.39 Å². The number of hydrogen-bond donors (Lipinski definition) is 1. The van der Waals surface area contributed by atoms with Gasteiger partial charge in [-0.2, -0.15) is 0 Å². The molecule has 0 aromatic carbocycles. The van der Waals surface area contributed by atoms with E-state index in [1.807, 2.05) is 6.08 Å². The van der Waals surface area contributed by atoms with Crippen LogP contribution in [0.5, 0.6) is 0 Å². The van der Waals surface area contributed by atoms with E-state index < -0.39 is 0 Å². The van der Waals surface area contributed by atoms with Crippen molar-refractivity contribution in [2.45, 2.75) is 26.2 Å². The third kappa shape index (κ3) is 5.47. The molecule has 0 atom stereocenters. The molecule has 0 radical (unpaired) electrons. The van der Waals surface area contributed by atoms with Crippen LogP contribution < -0.4 is 0 Å². The Bertz CT molecular complexity index is 263. The summed E-state index contributed by atoms with van der Waals surface area (Å²) in [7, 11) is 0. The molecule has 1 N–H and O–H groups in total. The minimum Gasteiger partial charge on any atom is -0.381 e. The third-order valence-electron chi connectivity index (χ3n) is 2.34. The molecule has 1 rings (SSSR count). The first-order valence-electron chi connectivity index (χ1n) is 5.35. The third-order valence-corrected chi connectivity index (χ3v) is 2.34. The van der Waals surface area contributed by atoms with Crippen molar-refractivity contribution in [3.05, 3.63) is 24.1 Å². The van der Waals surface area contributed by atoms with E-state index in [-0.39, 0.29) is 11.5 Å². The Hall–Kier alpha value is -0.960. The fraction of sp³-hybridized carbons (Fsp3) is 0.583. The minimum atomic E-state index is -0.323. The Labute approximate surface area is 90.3 Å². The van der Waals surface area contributed by atoms with Crippen LogP contribution in [0.1, 0.15) is 26.2 Å². The molecule has 15 heavy (non-hydrogen) atoms. The average molecular weight is 211 g/mol. The number of rotatable bonds is 6. The maximum atomic E-state index is 12.4. The van der Waals surface area contributed by atoms with Crippen molar-refractivity contribution in [3.8, 4) is 0 Å². The summed E-state index contributed by atoms with van der Waals surface area (Å²) in [6.45, 7) is 3.16. The lowest BCUT2D eigenvalue weighted by Crippen LogP contribution is -2.27. The van der Waals surface area contributed by atoms with Gasteiger partial charge in [0.1, 0.15) is 0 Å². The zero-order valence-corrected chi connectivity index (χ0v) is 9.13. The molecule has 1 aliphatic rings. The van der Waals surface area contributed by atoms with Gasteiger partial charge in [-0.05, 0) is 38.3 Å². The molecule has 0 amide bonds. The normalized spacial score (nSPS) is 18.1. The van der Waals surface area contributed by atoms with E-state index in [0.29, 0.717) is 0 Å². The molecule has 1 fully saturated rings. The molecule has 1 aliphatic heterocycles. The van der Waals surface area contributed by atoms with Crippen molar-refractivity contribution in [3.63, 3.8) is 0 Å². The van der Waals surface area contributed by atoms with Crippen LogP contribution in [0.3, 0.4) is 0 Å². The molecule has 1 saturated heterocycles. The molecule has 1 heterocycles. The van der Waals surface area contributed by atoms with Gasteiger partial charge in [-0.25, -0.2) is 4.39 Å². The van der Waals surface area contributed by atoms with Crippen LogP contribution in [0.25, 0.3) is 0 Å². The van der Waals surface area contributed by atoms with E-state index in [4.69, 9.17) is 10.1 Å². The van der Waals surface area contributed by atoms with Crippen LogP contribution in [-0.2, 0) is 4.74 Å². The Morgan fingerprint density at radius 2 is 2.27 bits per heavy atom. The summed E-state index contributed by atoms with van der Waals surface area (Å²) in [6, 6.07) is 0. The average Bonchev–Trinajstić information content (AvgIpc) is 2.06. The van der Waals surface area contributed by atoms with Gasteiger partial charge >= 0.3 is 0 Å². The molecule has 0 aliphatic carbocycles. The molecule has 0 aromatic heterocycles. The molecule has 0 unspecified atom stereocenters. The molecule has 0 spiro atoms. The van der Waals surface area contributed by atoms with Crippen molar-refractivity contribution < 1.29 is 9.13 Å². The molecule has 0 aromatic rings. The molecule has 3 heteroatoms. The van der Waals surface area contributed by atoms with E-state index in [1.165, 1.54) is 19.4 Å². The fourth-order valence-corrected chi connectivity index (χ4v) is 1.45. The summed E-state index contributed by atoms with van der Waals surface area (Å²) in [4.78, 5) is 0. The highest BCUT2D eigenvalue weighted by molar-refractivity contribution is 6.01. The summed E-state index contributed by atoms with van der Waals surface area (Å²) < 4.78 is 17.4.